The maximum absolute atomic E-state index is 11.2. The summed E-state index contributed by atoms with van der Waals surface area (Å²) in [5.74, 6) is 6.07. The highest BCUT2D eigenvalue weighted by Crippen LogP contribution is 2.14. The summed E-state index contributed by atoms with van der Waals surface area (Å²) >= 11 is 0. The van der Waals surface area contributed by atoms with Crippen molar-refractivity contribution < 1.29 is 8.42 Å². The average Bonchev–Trinajstić information content (AvgIpc) is 2.43. The lowest BCUT2D eigenvalue weighted by Gasteiger charge is -2.13. The summed E-state index contributed by atoms with van der Waals surface area (Å²) in [6.07, 6.45) is 0.577. The second-order valence-electron chi connectivity index (χ2n) is 3.98. The first-order valence-corrected chi connectivity index (χ1v) is 6.76. The van der Waals surface area contributed by atoms with E-state index in [1.165, 1.54) is 0 Å². The summed E-state index contributed by atoms with van der Waals surface area (Å²) in [7, 11) is -2.88. The van der Waals surface area contributed by atoms with Crippen molar-refractivity contribution >= 4 is 15.8 Å². The van der Waals surface area contributed by atoms with Gasteiger partial charge in [-0.15, -0.1) is 0 Å². The molecule has 1 fully saturated rings. The highest BCUT2D eigenvalue weighted by Gasteiger charge is 2.27. The van der Waals surface area contributed by atoms with E-state index in [0.29, 0.717) is 12.4 Å². The number of nitrogens with two attached hydrogens (primary N) is 1. The van der Waals surface area contributed by atoms with Gasteiger partial charge in [0.1, 0.15) is 0 Å². The normalized spacial score (nSPS) is 25.6. The van der Waals surface area contributed by atoms with Gasteiger partial charge in [0.2, 0.25) is 5.96 Å². The zero-order chi connectivity index (χ0) is 11.5. The molecule has 15 heavy (non-hydrogen) atoms. The lowest BCUT2D eigenvalue weighted by Crippen LogP contribution is -2.45. The minimum atomic E-state index is -2.88. The molecule has 0 aliphatic carbocycles. The predicted octanol–water partition coefficient (Wildman–Crippen LogP) is -1.01. The van der Waals surface area contributed by atoms with Crippen LogP contribution in [0.25, 0.3) is 0 Å². The minimum absolute atomic E-state index is 0.123. The van der Waals surface area contributed by atoms with Crippen molar-refractivity contribution in [3.05, 3.63) is 0 Å². The van der Waals surface area contributed by atoms with Gasteiger partial charge in [0.05, 0.1) is 17.5 Å². The van der Waals surface area contributed by atoms with Gasteiger partial charge in [-0.3, -0.25) is 5.43 Å². The van der Waals surface area contributed by atoms with Gasteiger partial charge in [-0.1, -0.05) is 0 Å². The fourth-order valence-electron chi connectivity index (χ4n) is 1.45. The van der Waals surface area contributed by atoms with Gasteiger partial charge in [-0.25, -0.2) is 19.3 Å². The molecule has 7 heteroatoms. The molecule has 4 N–H and O–H groups in total. The number of aliphatic imine (C=N–C) groups is 1. The fraction of sp³-hybridized carbons (Fsp3) is 0.875. The second-order valence-corrected chi connectivity index (χ2v) is 6.21. The van der Waals surface area contributed by atoms with Crippen LogP contribution in [0.1, 0.15) is 20.3 Å². The number of nitrogens with zero attached hydrogens (tertiary/aromatic N) is 1. The number of sulfone groups is 1. The first kappa shape index (κ1) is 12.3. The van der Waals surface area contributed by atoms with E-state index in [1.54, 1.807) is 0 Å². The van der Waals surface area contributed by atoms with Gasteiger partial charge in [0.25, 0.3) is 0 Å². The number of guanidine groups is 1. The van der Waals surface area contributed by atoms with E-state index in [4.69, 9.17) is 5.84 Å². The SMILES string of the molecule is CC(C)NC(=NC1CCS(=O)(=O)C1)NN. The quantitative estimate of drug-likeness (QED) is 0.246. The van der Waals surface area contributed by atoms with Crippen LogP contribution in [0.4, 0.5) is 0 Å². The van der Waals surface area contributed by atoms with Gasteiger partial charge < -0.3 is 5.32 Å². The van der Waals surface area contributed by atoms with E-state index < -0.39 is 9.84 Å². The van der Waals surface area contributed by atoms with Gasteiger partial charge in [-0.05, 0) is 20.3 Å². The third-order valence-corrected chi connectivity index (χ3v) is 3.83. The molecule has 0 aromatic carbocycles. The standard InChI is InChI=1S/C8H18N4O2S/c1-6(2)10-8(12-9)11-7-3-4-15(13,14)5-7/h6-7H,3-5,9H2,1-2H3,(H2,10,11,12). The Morgan fingerprint density at radius 2 is 2.20 bits per heavy atom. The summed E-state index contributed by atoms with van der Waals surface area (Å²) < 4.78 is 22.4. The summed E-state index contributed by atoms with van der Waals surface area (Å²) in [6, 6.07) is 0.0325. The van der Waals surface area contributed by atoms with Gasteiger partial charge in [0, 0.05) is 6.04 Å². The average molecular weight is 234 g/mol. The third-order valence-electron chi connectivity index (χ3n) is 2.08. The highest BCUT2D eigenvalue weighted by molar-refractivity contribution is 7.91. The molecule has 1 aliphatic rings. The molecule has 1 unspecified atom stereocenters. The Balaban J connectivity index is 2.61. The lowest BCUT2D eigenvalue weighted by atomic mass is 10.3. The number of hydrogen-bond donors (Lipinski definition) is 3. The van der Waals surface area contributed by atoms with Crippen LogP contribution < -0.4 is 16.6 Å². The Bertz CT molecular complexity index is 337. The zero-order valence-corrected chi connectivity index (χ0v) is 9.84. The molecule has 1 heterocycles. The number of rotatable bonds is 2. The van der Waals surface area contributed by atoms with Crippen LogP contribution in [0, 0.1) is 0 Å². The number of nitrogens with one attached hydrogen (secondary N) is 2. The topological polar surface area (TPSA) is 96.6 Å². The number of hydrogen-bond acceptors (Lipinski definition) is 4. The van der Waals surface area contributed by atoms with Crippen molar-refractivity contribution in [1.82, 2.24) is 10.7 Å². The second kappa shape index (κ2) is 4.80. The first-order chi connectivity index (χ1) is 6.93. The molecule has 0 bridgehead atoms. The number of hydrazine groups is 1. The van der Waals surface area contributed by atoms with E-state index in [2.05, 4.69) is 15.7 Å². The van der Waals surface area contributed by atoms with Crippen molar-refractivity contribution in [1.29, 1.82) is 0 Å². The van der Waals surface area contributed by atoms with Crippen molar-refractivity contribution in [3.63, 3.8) is 0 Å². The Labute approximate surface area is 90.2 Å². The Morgan fingerprint density at radius 3 is 2.60 bits per heavy atom. The van der Waals surface area contributed by atoms with Crippen LogP contribution in [0.15, 0.2) is 4.99 Å². The Hall–Kier alpha value is -0.820. The van der Waals surface area contributed by atoms with E-state index >= 15 is 0 Å². The minimum Gasteiger partial charge on any atom is -0.353 e. The van der Waals surface area contributed by atoms with Crippen LogP contribution in [-0.2, 0) is 9.84 Å². The predicted molar refractivity (Wildman–Crippen MR) is 60.1 cm³/mol. The molecule has 0 radical (unpaired) electrons. The Morgan fingerprint density at radius 1 is 1.53 bits per heavy atom. The largest absolute Gasteiger partial charge is 0.353 e. The Kier molecular flexibility index (Phi) is 3.92. The first-order valence-electron chi connectivity index (χ1n) is 4.94. The molecule has 1 atom stereocenters. The van der Waals surface area contributed by atoms with Crippen molar-refractivity contribution in [2.45, 2.75) is 32.4 Å². The summed E-state index contributed by atoms with van der Waals surface area (Å²) in [5.41, 5.74) is 2.43. The van der Waals surface area contributed by atoms with E-state index in [1.807, 2.05) is 13.8 Å². The van der Waals surface area contributed by atoms with Gasteiger partial charge in [-0.2, -0.15) is 0 Å². The van der Waals surface area contributed by atoms with Crippen LogP contribution in [0.3, 0.4) is 0 Å². The molecule has 6 nitrogen and oxygen atoms in total. The third kappa shape index (κ3) is 4.05. The molecule has 0 amide bonds. The summed E-state index contributed by atoms with van der Waals surface area (Å²) in [4.78, 5) is 4.22. The van der Waals surface area contributed by atoms with Crippen LogP contribution in [0.2, 0.25) is 0 Å². The fourth-order valence-corrected chi connectivity index (χ4v) is 3.07. The maximum Gasteiger partial charge on any atom is 0.206 e. The van der Waals surface area contributed by atoms with E-state index in [0.717, 1.165) is 0 Å². The molecule has 1 aliphatic heterocycles. The molecular formula is C8H18N4O2S. The van der Waals surface area contributed by atoms with Gasteiger partial charge >= 0.3 is 0 Å². The molecule has 88 valence electrons. The maximum atomic E-state index is 11.2. The summed E-state index contributed by atoms with van der Waals surface area (Å²) in [5, 5.41) is 3.00. The van der Waals surface area contributed by atoms with Crippen molar-refractivity contribution in [2.75, 3.05) is 11.5 Å². The zero-order valence-electron chi connectivity index (χ0n) is 9.03. The van der Waals surface area contributed by atoms with Gasteiger partial charge in [0.15, 0.2) is 9.84 Å². The molecule has 1 saturated heterocycles. The lowest BCUT2D eigenvalue weighted by molar-refractivity contribution is 0.601. The molecule has 0 saturated carbocycles. The van der Waals surface area contributed by atoms with Crippen molar-refractivity contribution in [3.8, 4) is 0 Å². The van der Waals surface area contributed by atoms with E-state index in [-0.39, 0.29) is 23.6 Å². The van der Waals surface area contributed by atoms with Crippen LogP contribution in [-0.4, -0.2) is 38.0 Å². The molecule has 0 aromatic heterocycles. The molecule has 0 aromatic rings. The van der Waals surface area contributed by atoms with Crippen molar-refractivity contribution in [2.24, 2.45) is 10.8 Å². The molecule has 1 rings (SSSR count). The monoisotopic (exact) mass is 234 g/mol. The van der Waals surface area contributed by atoms with Crippen LogP contribution in [0.5, 0.6) is 0 Å². The smallest absolute Gasteiger partial charge is 0.206 e. The highest BCUT2D eigenvalue weighted by atomic mass is 32.2. The molecular weight excluding hydrogens is 216 g/mol. The molecule has 0 spiro atoms. The van der Waals surface area contributed by atoms with E-state index in [9.17, 15) is 8.42 Å². The summed E-state index contributed by atoms with van der Waals surface area (Å²) in [6.45, 7) is 3.91. The van der Waals surface area contributed by atoms with Crippen LogP contribution >= 0.6 is 0 Å².